The smallest absolute Gasteiger partial charge is 0.281 e. The van der Waals surface area contributed by atoms with Crippen LogP contribution in [0.2, 0.25) is 36.3 Å². The third-order valence-corrected chi connectivity index (χ3v) is 25.6. The highest BCUT2D eigenvalue weighted by Crippen LogP contribution is 2.53. The second-order valence-corrected chi connectivity index (χ2v) is 33.0. The zero-order chi connectivity index (χ0) is 52.8. The van der Waals surface area contributed by atoms with Crippen LogP contribution in [0.25, 0.3) is 11.2 Å². The second-order valence-electron chi connectivity index (χ2n) is 22.0. The third kappa shape index (κ3) is 12.4. The van der Waals surface area contributed by atoms with E-state index < -0.39 is 55.3 Å². The number of hydrogen-bond acceptors (Lipinski definition) is 13. The quantitative estimate of drug-likeness (QED) is 0.0264. The van der Waals surface area contributed by atoms with Crippen LogP contribution < -0.4 is 15.0 Å². The Morgan fingerprint density at radius 2 is 1.32 bits per heavy atom. The highest BCUT2D eigenvalue weighted by atomic mass is 31.2. The molecule has 0 spiro atoms. The number of rotatable bonds is 23. The lowest BCUT2D eigenvalue weighted by Gasteiger charge is -2.43. The molecule has 0 radical (unpaired) electrons. The summed E-state index contributed by atoms with van der Waals surface area (Å²) >= 11 is 0. The van der Waals surface area contributed by atoms with Crippen molar-refractivity contribution in [2.45, 2.75) is 161 Å². The molecule has 392 valence electrons. The summed E-state index contributed by atoms with van der Waals surface area (Å²) in [7, 11) is -3.25. The summed E-state index contributed by atoms with van der Waals surface area (Å²) in [6, 6.07) is 28.2. The van der Waals surface area contributed by atoms with Crippen LogP contribution >= 0.6 is 8.53 Å². The van der Waals surface area contributed by atoms with Crippen molar-refractivity contribution in [3.63, 3.8) is 0 Å². The molecular formula is C54H79N6O9PSi2. The van der Waals surface area contributed by atoms with Gasteiger partial charge in [0.15, 0.2) is 34.0 Å². The van der Waals surface area contributed by atoms with Crippen LogP contribution in [0, 0.1) is 11.3 Å². The summed E-state index contributed by atoms with van der Waals surface area (Å²) in [6.45, 7) is 31.3. The van der Waals surface area contributed by atoms with E-state index in [0.717, 1.165) is 16.7 Å². The van der Waals surface area contributed by atoms with Crippen molar-refractivity contribution in [1.29, 1.82) is 5.26 Å². The predicted molar refractivity (Wildman–Crippen MR) is 289 cm³/mol. The Morgan fingerprint density at radius 3 is 1.83 bits per heavy atom. The summed E-state index contributed by atoms with van der Waals surface area (Å²) in [4.78, 5) is 23.9. The fourth-order valence-corrected chi connectivity index (χ4v) is 12.5. The summed E-state index contributed by atoms with van der Waals surface area (Å²) in [5.41, 5.74) is 1.66. The Kier molecular flexibility index (Phi) is 18.6. The van der Waals surface area contributed by atoms with Crippen molar-refractivity contribution in [1.82, 2.24) is 23.8 Å². The van der Waals surface area contributed by atoms with Gasteiger partial charge in [-0.3, -0.25) is 13.9 Å². The maximum atomic E-state index is 14.3. The van der Waals surface area contributed by atoms with Crippen LogP contribution in [0.3, 0.4) is 0 Å². The van der Waals surface area contributed by atoms with Crippen LogP contribution in [0.4, 0.5) is 0 Å². The average Bonchev–Trinajstić information content (AvgIpc) is 3.90. The van der Waals surface area contributed by atoms with Gasteiger partial charge in [0.1, 0.15) is 41.7 Å². The minimum Gasteiger partial charge on any atom is -0.497 e. The first-order valence-corrected chi connectivity index (χ1v) is 32.0. The molecule has 1 unspecified atom stereocenters. The van der Waals surface area contributed by atoms with E-state index in [-0.39, 0.29) is 52.9 Å². The van der Waals surface area contributed by atoms with E-state index in [4.69, 9.17) is 46.8 Å². The fourth-order valence-electron chi connectivity index (χ4n) is 8.42. The van der Waals surface area contributed by atoms with E-state index in [1.807, 2.05) is 66.7 Å². The molecule has 18 heteroatoms. The van der Waals surface area contributed by atoms with Crippen molar-refractivity contribution in [2.75, 3.05) is 34.0 Å². The number of hydrogen-bond donors (Lipinski definition) is 0. The molecule has 0 aliphatic carbocycles. The van der Waals surface area contributed by atoms with Gasteiger partial charge in [-0.25, -0.2) is 14.6 Å². The molecule has 2 aromatic heterocycles. The van der Waals surface area contributed by atoms with Crippen molar-refractivity contribution < 1.29 is 36.8 Å². The molecule has 5 atom stereocenters. The van der Waals surface area contributed by atoms with Gasteiger partial charge in [0.05, 0.1) is 52.9 Å². The Labute approximate surface area is 431 Å². The molecule has 6 rings (SSSR count). The number of nitriles is 1. The van der Waals surface area contributed by atoms with Crippen LogP contribution in [0.15, 0.2) is 96.3 Å². The predicted octanol–water partition coefficient (Wildman–Crippen LogP) is 11.6. The summed E-state index contributed by atoms with van der Waals surface area (Å²) in [5, 5.41) is 9.46. The van der Waals surface area contributed by atoms with Crippen LogP contribution in [-0.2, 0) is 39.5 Å². The number of methoxy groups -OCH3 is 2. The summed E-state index contributed by atoms with van der Waals surface area (Å²) in [6.07, 6.45) is 0.0538. The first-order chi connectivity index (χ1) is 33.9. The number of aromatic nitrogens is 4. The highest BCUT2D eigenvalue weighted by Gasteiger charge is 2.54. The van der Waals surface area contributed by atoms with Gasteiger partial charge in [0.25, 0.3) is 14.1 Å². The molecule has 5 aromatic rings. The summed E-state index contributed by atoms with van der Waals surface area (Å²) < 4.78 is 59.8. The van der Waals surface area contributed by atoms with Crippen LogP contribution in [0.5, 0.6) is 11.5 Å². The lowest BCUT2D eigenvalue weighted by Crippen LogP contribution is -2.51. The lowest BCUT2D eigenvalue weighted by molar-refractivity contribution is -0.0928. The monoisotopic (exact) mass is 1040 g/mol. The van der Waals surface area contributed by atoms with Gasteiger partial charge in [-0.15, -0.1) is 0 Å². The third-order valence-electron chi connectivity index (χ3n) is 14.5. The van der Waals surface area contributed by atoms with Gasteiger partial charge in [-0.2, -0.15) is 5.26 Å². The SMILES string of the molecule is COc1ccc(C(OC[C@H]2O[C@@H](n3cnc4c(=O)n(CCO[Si](C)(C)C(C)(C)C)cnc43)[C@H](OP(OCCC#N)N(C(C)C)C(C)C)[C@@H]2O[Si](C)(C)C(C)(C)C)(c2ccccc2)c2ccc(OC)cc2)cc1. The number of imidazole rings is 1. The maximum Gasteiger partial charge on any atom is 0.281 e. The topological polar surface area (TPSA) is 154 Å². The molecule has 1 fully saturated rings. The minimum absolute atomic E-state index is 0.00756. The molecular weight excluding hydrogens is 964 g/mol. The minimum atomic E-state index is -2.65. The molecule has 0 bridgehead atoms. The zero-order valence-electron chi connectivity index (χ0n) is 45.5. The van der Waals surface area contributed by atoms with Gasteiger partial charge in [0.2, 0.25) is 0 Å². The zero-order valence-corrected chi connectivity index (χ0v) is 48.4. The Bertz CT molecular complexity index is 2570. The van der Waals surface area contributed by atoms with Crippen molar-refractivity contribution >= 4 is 36.3 Å². The van der Waals surface area contributed by atoms with Crippen LogP contribution in [0.1, 0.15) is 98.6 Å². The number of fused-ring (bicyclic) bond motifs is 1. The van der Waals surface area contributed by atoms with E-state index in [9.17, 15) is 10.1 Å². The first-order valence-electron chi connectivity index (χ1n) is 25.0. The van der Waals surface area contributed by atoms with Gasteiger partial charge in [-0.1, -0.05) is 96.1 Å². The van der Waals surface area contributed by atoms with Gasteiger partial charge >= 0.3 is 0 Å². The first kappa shape index (κ1) is 57.0. The molecule has 0 amide bonds. The van der Waals surface area contributed by atoms with Gasteiger partial charge in [0, 0.05) is 18.6 Å². The molecule has 1 saturated heterocycles. The average molecular weight is 1040 g/mol. The number of benzene rings is 3. The Balaban J connectivity index is 1.53. The van der Waals surface area contributed by atoms with Gasteiger partial charge in [-0.05, 0) is 105 Å². The van der Waals surface area contributed by atoms with E-state index in [1.54, 1.807) is 36.0 Å². The molecule has 1 aliphatic heterocycles. The maximum absolute atomic E-state index is 14.3. The van der Waals surface area contributed by atoms with Crippen molar-refractivity contribution in [2.24, 2.45) is 0 Å². The van der Waals surface area contributed by atoms with Crippen LogP contribution in [-0.4, -0.2) is 105 Å². The Hall–Kier alpha value is -4.32. The molecule has 15 nitrogen and oxygen atoms in total. The molecule has 3 aromatic carbocycles. The lowest BCUT2D eigenvalue weighted by atomic mass is 9.80. The van der Waals surface area contributed by atoms with E-state index in [1.165, 1.54) is 0 Å². The summed E-state index contributed by atoms with van der Waals surface area (Å²) in [5.74, 6) is 1.41. The molecule has 0 N–H and O–H groups in total. The highest BCUT2D eigenvalue weighted by molar-refractivity contribution is 7.44. The van der Waals surface area contributed by atoms with Crippen molar-refractivity contribution in [3.8, 4) is 17.6 Å². The second kappa shape index (κ2) is 23.5. The Morgan fingerprint density at radius 1 is 0.764 bits per heavy atom. The van der Waals surface area contributed by atoms with Crippen molar-refractivity contribution in [3.05, 3.63) is 119 Å². The normalized spacial score (nSPS) is 18.6. The van der Waals surface area contributed by atoms with Gasteiger partial charge < -0.3 is 36.8 Å². The molecule has 72 heavy (non-hydrogen) atoms. The van der Waals surface area contributed by atoms with E-state index >= 15 is 0 Å². The fraction of sp³-hybridized carbons (Fsp3) is 0.556. The number of ether oxygens (including phenoxy) is 4. The largest absolute Gasteiger partial charge is 0.497 e. The van der Waals surface area contributed by atoms with E-state index in [0.29, 0.717) is 30.3 Å². The van der Waals surface area contributed by atoms with E-state index in [2.05, 4.69) is 118 Å². The standard InChI is InChI=1S/C54H79N6O9PSi2/c1-38(2)60(39(3)4)70(65-33-20-31-55)68-48-47(69-72(15,16)53(8,9)10)45(67-51(48)59-37-56-46-49(59)57-36-58(50(46)61)32-34-66-71(13,14)52(5,6)7)35-64-54(40-21-18-17-19-22-40,41-23-27-43(62-11)28-24-41)42-25-29-44(63-12)30-26-42/h17-19,21-30,36-39,45,47-48,51H,20,32-35H2,1-16H3/t45-,47-,48-,51-,70?/m1/s1. The number of nitrogens with zero attached hydrogens (tertiary/aromatic N) is 6. The molecule has 0 saturated carbocycles. The molecule has 3 heterocycles. The molecule has 1 aliphatic rings.